The predicted octanol–water partition coefficient (Wildman–Crippen LogP) is 4.91. The van der Waals surface area contributed by atoms with Gasteiger partial charge in [0.15, 0.2) is 0 Å². The summed E-state index contributed by atoms with van der Waals surface area (Å²) >= 11 is 0. The molecular formula is C19H32N2. The molecule has 2 heteroatoms. The van der Waals surface area contributed by atoms with Crippen LogP contribution in [0.25, 0.3) is 0 Å². The lowest BCUT2D eigenvalue weighted by atomic mass is 9.84. The number of rotatable bonds is 7. The molecule has 1 aromatic rings. The van der Waals surface area contributed by atoms with E-state index in [1.54, 1.807) is 0 Å². The summed E-state index contributed by atoms with van der Waals surface area (Å²) in [6.07, 6.45) is 6.81. The number of hydrogen-bond donors (Lipinski definition) is 1. The van der Waals surface area contributed by atoms with Crippen LogP contribution in [0, 0.1) is 5.92 Å². The fourth-order valence-electron chi connectivity index (χ4n) is 3.42. The topological polar surface area (TPSA) is 15.3 Å². The average Bonchev–Trinajstić information content (AvgIpc) is 2.54. The van der Waals surface area contributed by atoms with E-state index >= 15 is 0 Å². The second-order valence-electron chi connectivity index (χ2n) is 6.39. The quantitative estimate of drug-likeness (QED) is 0.767. The molecule has 0 unspecified atom stereocenters. The zero-order chi connectivity index (χ0) is 15.1. The Hall–Kier alpha value is -1.02. The van der Waals surface area contributed by atoms with E-state index in [2.05, 4.69) is 55.3 Å². The summed E-state index contributed by atoms with van der Waals surface area (Å²) in [7, 11) is 0. The molecule has 1 aromatic carbocycles. The molecule has 0 atom stereocenters. The number of para-hydroxylation sites is 1. The van der Waals surface area contributed by atoms with E-state index < -0.39 is 0 Å². The van der Waals surface area contributed by atoms with Gasteiger partial charge in [0.2, 0.25) is 0 Å². The van der Waals surface area contributed by atoms with Crippen LogP contribution in [-0.2, 0) is 6.54 Å². The molecule has 118 valence electrons. The monoisotopic (exact) mass is 288 g/mol. The highest BCUT2D eigenvalue weighted by atomic mass is 15.1. The number of anilines is 1. The molecule has 0 aromatic heterocycles. The minimum absolute atomic E-state index is 0.672. The lowest BCUT2D eigenvalue weighted by molar-refractivity contribution is 0.295. The summed E-state index contributed by atoms with van der Waals surface area (Å²) < 4.78 is 0. The van der Waals surface area contributed by atoms with Crippen molar-refractivity contribution in [2.45, 2.75) is 65.5 Å². The molecule has 21 heavy (non-hydrogen) atoms. The average molecular weight is 288 g/mol. The van der Waals surface area contributed by atoms with Crippen LogP contribution in [0.5, 0.6) is 0 Å². The zero-order valence-corrected chi connectivity index (χ0v) is 14.1. The lowest BCUT2D eigenvalue weighted by Gasteiger charge is -2.30. The van der Waals surface area contributed by atoms with Crippen LogP contribution in [0.1, 0.15) is 58.4 Å². The van der Waals surface area contributed by atoms with E-state index in [-0.39, 0.29) is 0 Å². The van der Waals surface area contributed by atoms with Crippen molar-refractivity contribution in [2.75, 3.05) is 18.4 Å². The lowest BCUT2D eigenvalue weighted by Crippen LogP contribution is -2.27. The van der Waals surface area contributed by atoms with Gasteiger partial charge in [0.1, 0.15) is 0 Å². The Bertz CT molecular complexity index is 404. The van der Waals surface area contributed by atoms with Crippen LogP contribution < -0.4 is 5.32 Å². The minimum atomic E-state index is 0.672. The van der Waals surface area contributed by atoms with Crippen molar-refractivity contribution < 1.29 is 0 Å². The van der Waals surface area contributed by atoms with Gasteiger partial charge in [-0.05, 0) is 56.3 Å². The molecule has 1 N–H and O–H groups in total. The van der Waals surface area contributed by atoms with Gasteiger partial charge in [-0.25, -0.2) is 0 Å². The molecule has 0 amide bonds. The SMILES string of the molecule is CCC1CCC(Nc2ccccc2CN(CC)CC)CC1. The van der Waals surface area contributed by atoms with Crippen LogP contribution >= 0.6 is 0 Å². The number of hydrogen-bond acceptors (Lipinski definition) is 2. The molecule has 2 rings (SSSR count). The molecular weight excluding hydrogens is 256 g/mol. The Morgan fingerprint density at radius 3 is 2.29 bits per heavy atom. The van der Waals surface area contributed by atoms with Crippen LogP contribution in [0.2, 0.25) is 0 Å². The molecule has 0 saturated heterocycles. The molecule has 1 aliphatic rings. The van der Waals surface area contributed by atoms with Gasteiger partial charge in [-0.2, -0.15) is 0 Å². The highest BCUT2D eigenvalue weighted by Crippen LogP contribution is 2.29. The highest BCUT2D eigenvalue weighted by molar-refractivity contribution is 5.51. The Balaban J connectivity index is 1.97. The maximum absolute atomic E-state index is 3.82. The van der Waals surface area contributed by atoms with E-state index in [1.807, 2.05) is 0 Å². The van der Waals surface area contributed by atoms with Gasteiger partial charge >= 0.3 is 0 Å². The van der Waals surface area contributed by atoms with E-state index in [1.165, 1.54) is 43.4 Å². The second-order valence-corrected chi connectivity index (χ2v) is 6.39. The zero-order valence-electron chi connectivity index (χ0n) is 14.1. The Kier molecular flexibility index (Phi) is 6.56. The van der Waals surface area contributed by atoms with Gasteiger partial charge in [0.25, 0.3) is 0 Å². The molecule has 2 nitrogen and oxygen atoms in total. The van der Waals surface area contributed by atoms with Crippen LogP contribution in [0.3, 0.4) is 0 Å². The Morgan fingerprint density at radius 1 is 1.00 bits per heavy atom. The maximum atomic E-state index is 3.82. The van der Waals surface area contributed by atoms with E-state index in [4.69, 9.17) is 0 Å². The van der Waals surface area contributed by atoms with E-state index in [9.17, 15) is 0 Å². The predicted molar refractivity (Wildman–Crippen MR) is 92.7 cm³/mol. The summed E-state index contributed by atoms with van der Waals surface area (Å²) in [5.74, 6) is 0.967. The first-order valence-corrected chi connectivity index (χ1v) is 8.83. The third-order valence-corrected chi connectivity index (χ3v) is 5.09. The van der Waals surface area contributed by atoms with Crippen molar-refractivity contribution in [3.8, 4) is 0 Å². The first kappa shape index (κ1) is 16.4. The highest BCUT2D eigenvalue weighted by Gasteiger charge is 2.20. The number of benzene rings is 1. The second kappa shape index (κ2) is 8.43. The van der Waals surface area contributed by atoms with Crippen molar-refractivity contribution in [3.05, 3.63) is 29.8 Å². The fourth-order valence-corrected chi connectivity index (χ4v) is 3.42. The van der Waals surface area contributed by atoms with Crippen molar-refractivity contribution in [1.29, 1.82) is 0 Å². The largest absolute Gasteiger partial charge is 0.382 e. The van der Waals surface area contributed by atoms with Crippen molar-refractivity contribution >= 4 is 5.69 Å². The first-order valence-electron chi connectivity index (χ1n) is 8.83. The molecule has 0 spiro atoms. The fraction of sp³-hybridized carbons (Fsp3) is 0.684. The normalized spacial score (nSPS) is 22.5. The molecule has 1 aliphatic carbocycles. The van der Waals surface area contributed by atoms with Crippen molar-refractivity contribution in [1.82, 2.24) is 4.90 Å². The molecule has 0 bridgehead atoms. The minimum Gasteiger partial charge on any atom is -0.382 e. The van der Waals surface area contributed by atoms with Crippen LogP contribution in [0.15, 0.2) is 24.3 Å². The van der Waals surface area contributed by atoms with Crippen LogP contribution in [0.4, 0.5) is 5.69 Å². The molecule has 1 saturated carbocycles. The molecule has 0 radical (unpaired) electrons. The van der Waals surface area contributed by atoms with Crippen LogP contribution in [-0.4, -0.2) is 24.0 Å². The molecule has 0 heterocycles. The van der Waals surface area contributed by atoms with Gasteiger partial charge in [-0.1, -0.05) is 45.4 Å². The summed E-state index contributed by atoms with van der Waals surface area (Å²) in [5.41, 5.74) is 2.79. The van der Waals surface area contributed by atoms with Crippen molar-refractivity contribution in [3.63, 3.8) is 0 Å². The standard InChI is InChI=1S/C19H32N2/c1-4-16-11-13-18(14-12-16)20-19-10-8-7-9-17(19)15-21(5-2)6-3/h7-10,16,18,20H,4-6,11-15H2,1-3H3. The molecule has 0 aliphatic heterocycles. The van der Waals surface area contributed by atoms with E-state index in [0.29, 0.717) is 6.04 Å². The van der Waals surface area contributed by atoms with Gasteiger partial charge in [-0.15, -0.1) is 0 Å². The first-order chi connectivity index (χ1) is 10.3. The smallest absolute Gasteiger partial charge is 0.0388 e. The Morgan fingerprint density at radius 2 is 1.67 bits per heavy atom. The molecule has 1 fully saturated rings. The number of nitrogens with zero attached hydrogens (tertiary/aromatic N) is 1. The maximum Gasteiger partial charge on any atom is 0.0388 e. The summed E-state index contributed by atoms with van der Waals surface area (Å²) in [6, 6.07) is 9.53. The third kappa shape index (κ3) is 4.74. The Labute approximate surface area is 130 Å². The van der Waals surface area contributed by atoms with E-state index in [0.717, 1.165) is 25.6 Å². The van der Waals surface area contributed by atoms with Gasteiger partial charge in [-0.3, -0.25) is 4.90 Å². The van der Waals surface area contributed by atoms with Crippen molar-refractivity contribution in [2.24, 2.45) is 5.92 Å². The summed E-state index contributed by atoms with van der Waals surface area (Å²) in [6.45, 7) is 10.1. The summed E-state index contributed by atoms with van der Waals surface area (Å²) in [5, 5.41) is 3.82. The van der Waals surface area contributed by atoms with Gasteiger partial charge in [0.05, 0.1) is 0 Å². The van der Waals surface area contributed by atoms with Gasteiger partial charge in [0, 0.05) is 18.3 Å². The number of nitrogens with one attached hydrogen (secondary N) is 1. The summed E-state index contributed by atoms with van der Waals surface area (Å²) in [4.78, 5) is 2.48. The third-order valence-electron chi connectivity index (χ3n) is 5.09. The van der Waals surface area contributed by atoms with Gasteiger partial charge < -0.3 is 5.32 Å².